The van der Waals surface area contributed by atoms with Gasteiger partial charge in [-0.1, -0.05) is 29.3 Å². The van der Waals surface area contributed by atoms with Crippen LogP contribution in [-0.4, -0.2) is 21.0 Å². The normalized spacial score (nSPS) is 12.9. The highest BCUT2D eigenvalue weighted by molar-refractivity contribution is 7.88. The molecule has 104 valence electrons. The molecule has 0 unspecified atom stereocenters. The van der Waals surface area contributed by atoms with Crippen molar-refractivity contribution in [1.82, 2.24) is 4.72 Å². The molecule has 0 amide bonds. The molecule has 0 fully saturated rings. The van der Waals surface area contributed by atoms with Crippen molar-refractivity contribution in [2.24, 2.45) is 5.73 Å². The molecule has 0 saturated carbocycles. The first kappa shape index (κ1) is 18.0. The third-order valence-electron chi connectivity index (χ3n) is 2.07. The van der Waals surface area contributed by atoms with Crippen LogP contribution in [0.1, 0.15) is 12.5 Å². The topological polar surface area (TPSA) is 72.2 Å². The molecule has 1 atom stereocenters. The maximum atomic E-state index is 11.7. The van der Waals surface area contributed by atoms with Crippen molar-refractivity contribution in [2.45, 2.75) is 18.7 Å². The molecular weight excluding hydrogens is 319 g/mol. The number of sulfonamides is 1. The number of halogens is 3. The second-order valence-electron chi connectivity index (χ2n) is 3.76. The molecule has 0 aliphatic heterocycles. The molecule has 1 aromatic rings. The van der Waals surface area contributed by atoms with Gasteiger partial charge < -0.3 is 5.73 Å². The molecule has 1 aromatic carbocycles. The van der Waals surface area contributed by atoms with E-state index in [1.807, 2.05) is 0 Å². The minimum Gasteiger partial charge on any atom is -0.329 e. The summed E-state index contributed by atoms with van der Waals surface area (Å²) in [6, 6.07) is 4.44. The first-order chi connectivity index (χ1) is 7.84. The van der Waals surface area contributed by atoms with Crippen molar-refractivity contribution in [3.05, 3.63) is 33.8 Å². The van der Waals surface area contributed by atoms with E-state index in [-0.39, 0.29) is 30.7 Å². The predicted molar refractivity (Wildman–Crippen MR) is 78.0 cm³/mol. The lowest BCUT2D eigenvalue weighted by molar-refractivity contribution is 0.562. The van der Waals surface area contributed by atoms with Gasteiger partial charge in [-0.05, 0) is 24.6 Å². The minimum absolute atomic E-state index is 0. The molecule has 0 spiro atoms. The van der Waals surface area contributed by atoms with Crippen LogP contribution in [0.2, 0.25) is 10.0 Å². The molecule has 0 aliphatic rings. The van der Waals surface area contributed by atoms with Crippen molar-refractivity contribution in [1.29, 1.82) is 0 Å². The van der Waals surface area contributed by atoms with Gasteiger partial charge in [0, 0.05) is 12.6 Å². The monoisotopic (exact) mass is 332 g/mol. The fourth-order valence-electron chi connectivity index (χ4n) is 1.25. The van der Waals surface area contributed by atoms with Gasteiger partial charge in [0.1, 0.15) is 0 Å². The van der Waals surface area contributed by atoms with E-state index in [2.05, 4.69) is 4.72 Å². The van der Waals surface area contributed by atoms with Gasteiger partial charge in [-0.15, -0.1) is 12.4 Å². The van der Waals surface area contributed by atoms with E-state index in [4.69, 9.17) is 28.9 Å². The number of nitrogens with two attached hydrogens (primary N) is 1. The van der Waals surface area contributed by atoms with Crippen molar-refractivity contribution in [3.8, 4) is 0 Å². The smallest absolute Gasteiger partial charge is 0.216 e. The summed E-state index contributed by atoms with van der Waals surface area (Å²) in [5, 5.41) is 0.738. The average molecular weight is 334 g/mol. The van der Waals surface area contributed by atoms with Gasteiger partial charge in [-0.2, -0.15) is 0 Å². The van der Waals surface area contributed by atoms with E-state index in [1.54, 1.807) is 19.1 Å². The van der Waals surface area contributed by atoms with Crippen LogP contribution in [0.25, 0.3) is 0 Å². The second kappa shape index (κ2) is 7.53. The van der Waals surface area contributed by atoms with Gasteiger partial charge in [-0.25, -0.2) is 13.1 Å². The van der Waals surface area contributed by atoms with Crippen LogP contribution in [0.4, 0.5) is 0 Å². The Labute approximate surface area is 123 Å². The van der Waals surface area contributed by atoms with Crippen LogP contribution < -0.4 is 10.5 Å². The standard InChI is InChI=1S/C10H14Cl2N2O2S.ClH/c1-7(5-13)14-17(15,16)6-8-2-3-9(11)10(12)4-8;/h2-4,7,14H,5-6,13H2,1H3;1H/t7-;/m0./s1. The van der Waals surface area contributed by atoms with Crippen LogP contribution in [0.5, 0.6) is 0 Å². The van der Waals surface area contributed by atoms with Crippen molar-refractivity contribution < 1.29 is 8.42 Å². The van der Waals surface area contributed by atoms with Crippen molar-refractivity contribution in [3.63, 3.8) is 0 Å². The van der Waals surface area contributed by atoms with Crippen molar-refractivity contribution in [2.75, 3.05) is 6.54 Å². The highest BCUT2D eigenvalue weighted by atomic mass is 35.5. The summed E-state index contributed by atoms with van der Waals surface area (Å²) in [7, 11) is -3.41. The van der Waals surface area contributed by atoms with E-state index >= 15 is 0 Å². The Morgan fingerprint density at radius 3 is 2.44 bits per heavy atom. The fraction of sp³-hybridized carbons (Fsp3) is 0.400. The SMILES string of the molecule is C[C@@H](CN)NS(=O)(=O)Cc1ccc(Cl)c(Cl)c1.Cl. The summed E-state index contributed by atoms with van der Waals surface area (Å²) in [6.45, 7) is 1.95. The maximum Gasteiger partial charge on any atom is 0.216 e. The summed E-state index contributed by atoms with van der Waals surface area (Å²) in [4.78, 5) is 0. The summed E-state index contributed by atoms with van der Waals surface area (Å²) >= 11 is 11.6. The first-order valence-corrected chi connectivity index (χ1v) is 7.39. The molecule has 3 N–H and O–H groups in total. The van der Waals surface area contributed by atoms with Gasteiger partial charge in [0.25, 0.3) is 0 Å². The van der Waals surface area contributed by atoms with Crippen LogP contribution in [0.3, 0.4) is 0 Å². The van der Waals surface area contributed by atoms with E-state index in [9.17, 15) is 8.42 Å². The van der Waals surface area contributed by atoms with E-state index < -0.39 is 10.0 Å². The Bertz CT molecular complexity index is 494. The number of hydrogen-bond acceptors (Lipinski definition) is 3. The van der Waals surface area contributed by atoms with Gasteiger partial charge in [-0.3, -0.25) is 0 Å². The van der Waals surface area contributed by atoms with Crippen molar-refractivity contribution >= 4 is 45.6 Å². The lowest BCUT2D eigenvalue weighted by atomic mass is 10.2. The molecule has 0 bridgehead atoms. The average Bonchev–Trinajstić information content (AvgIpc) is 2.22. The predicted octanol–water partition coefficient (Wildman–Crippen LogP) is 2.18. The summed E-state index contributed by atoms with van der Waals surface area (Å²) in [6.07, 6.45) is 0. The first-order valence-electron chi connectivity index (χ1n) is 4.98. The largest absolute Gasteiger partial charge is 0.329 e. The Hall–Kier alpha value is -0.0400. The maximum absolute atomic E-state index is 11.7. The molecule has 0 aliphatic carbocycles. The molecule has 18 heavy (non-hydrogen) atoms. The number of rotatable bonds is 5. The van der Waals surface area contributed by atoms with Crippen LogP contribution in [-0.2, 0) is 15.8 Å². The molecule has 0 radical (unpaired) electrons. The lowest BCUT2D eigenvalue weighted by Gasteiger charge is -2.12. The summed E-state index contributed by atoms with van der Waals surface area (Å²) in [5.74, 6) is -0.145. The second-order valence-corrected chi connectivity index (χ2v) is 6.33. The van der Waals surface area contributed by atoms with Crippen LogP contribution in [0, 0.1) is 0 Å². The van der Waals surface area contributed by atoms with Gasteiger partial charge in [0.15, 0.2) is 0 Å². The van der Waals surface area contributed by atoms with Gasteiger partial charge in [0.2, 0.25) is 10.0 Å². The van der Waals surface area contributed by atoms with Crippen LogP contribution >= 0.6 is 35.6 Å². The Morgan fingerprint density at radius 2 is 1.94 bits per heavy atom. The van der Waals surface area contributed by atoms with E-state index in [1.165, 1.54) is 6.07 Å². The third kappa shape index (κ3) is 5.73. The van der Waals surface area contributed by atoms with E-state index in [0.717, 1.165) is 0 Å². The number of hydrogen-bond donors (Lipinski definition) is 2. The minimum atomic E-state index is -3.41. The number of benzene rings is 1. The lowest BCUT2D eigenvalue weighted by Crippen LogP contribution is -2.38. The Balaban J connectivity index is 0.00000289. The molecule has 0 saturated heterocycles. The molecule has 4 nitrogen and oxygen atoms in total. The third-order valence-corrected chi connectivity index (χ3v) is 4.29. The highest BCUT2D eigenvalue weighted by Gasteiger charge is 2.14. The Kier molecular flexibility index (Phi) is 7.51. The fourth-order valence-corrected chi connectivity index (χ4v) is 2.98. The zero-order valence-electron chi connectivity index (χ0n) is 9.69. The van der Waals surface area contributed by atoms with Crippen LogP contribution in [0.15, 0.2) is 18.2 Å². The summed E-state index contributed by atoms with van der Waals surface area (Å²) < 4.78 is 25.9. The molecule has 0 aromatic heterocycles. The van der Waals surface area contributed by atoms with Gasteiger partial charge >= 0.3 is 0 Å². The zero-order valence-corrected chi connectivity index (χ0v) is 12.8. The molecule has 1 rings (SSSR count). The molecule has 8 heteroatoms. The van der Waals surface area contributed by atoms with E-state index in [0.29, 0.717) is 15.6 Å². The quantitative estimate of drug-likeness (QED) is 0.867. The number of nitrogens with one attached hydrogen (secondary N) is 1. The highest BCUT2D eigenvalue weighted by Crippen LogP contribution is 2.23. The summed E-state index contributed by atoms with van der Waals surface area (Å²) in [5.41, 5.74) is 5.93. The molecule has 0 heterocycles. The molecular formula is C10H15Cl3N2O2S. The van der Waals surface area contributed by atoms with Gasteiger partial charge in [0.05, 0.1) is 15.8 Å². The zero-order chi connectivity index (χ0) is 13.1. The Morgan fingerprint density at radius 1 is 1.33 bits per heavy atom.